The molecule has 1 amide bonds. The molecule has 0 spiro atoms. The molecule has 1 aromatic rings. The minimum atomic E-state index is -0.123. The minimum Gasteiger partial charge on any atom is -0.484 e. The van der Waals surface area contributed by atoms with Crippen molar-refractivity contribution in [3.8, 4) is 5.75 Å². The van der Waals surface area contributed by atoms with Crippen LogP contribution in [-0.4, -0.2) is 44.1 Å². The third-order valence-corrected chi connectivity index (χ3v) is 2.58. The topological polar surface area (TPSA) is 67.6 Å². The summed E-state index contributed by atoms with van der Waals surface area (Å²) in [5.41, 5.74) is 6.23. The van der Waals surface area contributed by atoms with E-state index in [-0.39, 0.29) is 12.5 Å². The molecule has 5 heteroatoms. The number of carbonyl (C=O) groups excluding carboxylic acids is 1. The van der Waals surface area contributed by atoms with Crippen LogP contribution in [0.1, 0.15) is 6.92 Å². The second kappa shape index (κ2) is 7.55. The lowest BCUT2D eigenvalue weighted by atomic mass is 10.3. The zero-order chi connectivity index (χ0) is 13.4. The summed E-state index contributed by atoms with van der Waals surface area (Å²) < 4.78 is 5.33. The van der Waals surface area contributed by atoms with Gasteiger partial charge in [-0.25, -0.2) is 0 Å². The summed E-state index contributed by atoms with van der Waals surface area (Å²) in [5, 5.41) is 2.80. The van der Waals surface area contributed by atoms with Gasteiger partial charge in [-0.15, -0.1) is 0 Å². The van der Waals surface area contributed by atoms with E-state index in [1.807, 2.05) is 7.05 Å². The smallest absolute Gasteiger partial charge is 0.257 e. The molecule has 0 saturated heterocycles. The molecule has 0 fully saturated rings. The van der Waals surface area contributed by atoms with Crippen LogP contribution in [0.5, 0.6) is 5.75 Å². The van der Waals surface area contributed by atoms with Gasteiger partial charge >= 0.3 is 0 Å². The van der Waals surface area contributed by atoms with E-state index in [0.29, 0.717) is 18.0 Å². The third-order valence-electron chi connectivity index (χ3n) is 2.58. The number of hydrogen-bond acceptors (Lipinski definition) is 4. The van der Waals surface area contributed by atoms with Crippen LogP contribution in [0.2, 0.25) is 0 Å². The quantitative estimate of drug-likeness (QED) is 0.701. The first-order chi connectivity index (χ1) is 8.61. The molecule has 0 aliphatic heterocycles. The van der Waals surface area contributed by atoms with Gasteiger partial charge in [-0.05, 0) is 25.7 Å². The summed E-state index contributed by atoms with van der Waals surface area (Å²) in [6.07, 6.45) is 0. The van der Waals surface area contributed by atoms with E-state index in [0.717, 1.165) is 13.1 Å². The summed E-state index contributed by atoms with van der Waals surface area (Å²) in [4.78, 5) is 13.6. The van der Waals surface area contributed by atoms with E-state index in [9.17, 15) is 4.79 Å². The summed E-state index contributed by atoms with van der Waals surface area (Å²) in [6.45, 7) is 4.52. The van der Waals surface area contributed by atoms with Crippen LogP contribution in [0.25, 0.3) is 0 Å². The molecular weight excluding hydrogens is 230 g/mol. The number of nitrogen functional groups attached to an aromatic ring is 1. The van der Waals surface area contributed by atoms with Gasteiger partial charge in [0.25, 0.3) is 5.91 Å². The van der Waals surface area contributed by atoms with Crippen molar-refractivity contribution in [3.05, 3.63) is 24.3 Å². The fourth-order valence-corrected chi connectivity index (χ4v) is 1.35. The first kappa shape index (κ1) is 14.3. The molecule has 0 saturated carbocycles. The predicted octanol–water partition coefficient (Wildman–Crippen LogP) is 0.716. The average molecular weight is 251 g/mol. The highest BCUT2D eigenvalue weighted by molar-refractivity contribution is 5.77. The molecule has 0 unspecified atom stereocenters. The van der Waals surface area contributed by atoms with E-state index in [2.05, 4.69) is 17.1 Å². The van der Waals surface area contributed by atoms with Gasteiger partial charge in [0.2, 0.25) is 0 Å². The van der Waals surface area contributed by atoms with Crippen LogP contribution in [0.4, 0.5) is 5.69 Å². The molecule has 0 aliphatic carbocycles. The molecule has 0 aliphatic rings. The highest BCUT2D eigenvalue weighted by Crippen LogP contribution is 2.13. The Kier molecular flexibility index (Phi) is 6.00. The number of benzene rings is 1. The Balaban J connectivity index is 2.21. The monoisotopic (exact) mass is 251 g/mol. The molecule has 0 atom stereocenters. The molecule has 18 heavy (non-hydrogen) atoms. The number of amides is 1. The van der Waals surface area contributed by atoms with Crippen LogP contribution < -0.4 is 15.8 Å². The number of carbonyl (C=O) groups is 1. The third kappa shape index (κ3) is 5.54. The maximum Gasteiger partial charge on any atom is 0.257 e. The number of rotatable bonds is 7. The van der Waals surface area contributed by atoms with Gasteiger partial charge < -0.3 is 20.7 Å². The van der Waals surface area contributed by atoms with Gasteiger partial charge in [-0.3, -0.25) is 4.79 Å². The minimum absolute atomic E-state index is 0.0132. The highest BCUT2D eigenvalue weighted by atomic mass is 16.5. The molecule has 0 aromatic heterocycles. The molecule has 3 N–H and O–H groups in total. The molecule has 5 nitrogen and oxygen atoms in total. The summed E-state index contributed by atoms with van der Waals surface area (Å²) in [5.74, 6) is 0.484. The summed E-state index contributed by atoms with van der Waals surface area (Å²) >= 11 is 0. The molecule has 1 rings (SSSR count). The summed E-state index contributed by atoms with van der Waals surface area (Å²) in [7, 11) is 2.01. The van der Waals surface area contributed by atoms with E-state index in [1.165, 1.54) is 0 Å². The van der Waals surface area contributed by atoms with Crippen LogP contribution in [-0.2, 0) is 4.79 Å². The molecule has 1 aromatic carbocycles. The van der Waals surface area contributed by atoms with E-state index in [4.69, 9.17) is 10.5 Å². The van der Waals surface area contributed by atoms with Crippen molar-refractivity contribution < 1.29 is 9.53 Å². The van der Waals surface area contributed by atoms with Crippen molar-refractivity contribution in [1.82, 2.24) is 10.2 Å². The van der Waals surface area contributed by atoms with Crippen molar-refractivity contribution >= 4 is 11.6 Å². The Labute approximate surface area is 108 Å². The second-order valence-corrected chi connectivity index (χ2v) is 4.11. The number of likely N-dealkylation sites (N-methyl/N-ethyl adjacent to an activating group) is 1. The average Bonchev–Trinajstić information content (AvgIpc) is 2.36. The molecular formula is C13H21N3O2. The van der Waals surface area contributed by atoms with Crippen molar-refractivity contribution in [2.45, 2.75) is 6.92 Å². The van der Waals surface area contributed by atoms with Gasteiger partial charge in [0.05, 0.1) is 0 Å². The fraction of sp³-hybridized carbons (Fsp3) is 0.462. The Hall–Kier alpha value is -1.75. The van der Waals surface area contributed by atoms with Gasteiger partial charge in [0.15, 0.2) is 6.61 Å². The Bertz CT molecular complexity index is 382. The zero-order valence-corrected chi connectivity index (χ0v) is 11.0. The molecule has 0 heterocycles. The highest BCUT2D eigenvalue weighted by Gasteiger charge is 2.03. The van der Waals surface area contributed by atoms with E-state index >= 15 is 0 Å². The van der Waals surface area contributed by atoms with E-state index < -0.39 is 0 Å². The van der Waals surface area contributed by atoms with Crippen molar-refractivity contribution in [2.75, 3.05) is 39.0 Å². The number of hydrogen-bond donors (Lipinski definition) is 2. The lowest BCUT2D eigenvalue weighted by Crippen LogP contribution is -2.35. The lowest BCUT2D eigenvalue weighted by molar-refractivity contribution is -0.123. The lowest BCUT2D eigenvalue weighted by Gasteiger charge is -2.14. The van der Waals surface area contributed by atoms with Gasteiger partial charge in [0.1, 0.15) is 5.75 Å². The van der Waals surface area contributed by atoms with Crippen LogP contribution in [0, 0.1) is 0 Å². The van der Waals surface area contributed by atoms with Crippen LogP contribution in [0.15, 0.2) is 24.3 Å². The van der Waals surface area contributed by atoms with Gasteiger partial charge in [-0.2, -0.15) is 0 Å². The normalized spacial score (nSPS) is 10.4. The standard InChI is InChI=1S/C13H21N3O2/c1-3-16(2)8-7-15-13(17)10-18-12-6-4-5-11(14)9-12/h4-6,9H,3,7-8,10,14H2,1-2H3,(H,15,17). The number of anilines is 1. The SMILES string of the molecule is CCN(C)CCNC(=O)COc1cccc(N)c1. The van der Waals surface area contributed by atoms with Crippen molar-refractivity contribution in [2.24, 2.45) is 0 Å². The zero-order valence-electron chi connectivity index (χ0n) is 11.0. The number of nitrogens with one attached hydrogen (secondary N) is 1. The molecule has 0 radical (unpaired) electrons. The largest absolute Gasteiger partial charge is 0.484 e. The second-order valence-electron chi connectivity index (χ2n) is 4.11. The molecule has 0 bridgehead atoms. The number of nitrogens with two attached hydrogens (primary N) is 1. The fourth-order valence-electron chi connectivity index (χ4n) is 1.35. The molecule has 100 valence electrons. The van der Waals surface area contributed by atoms with Crippen LogP contribution in [0.3, 0.4) is 0 Å². The number of nitrogens with zero attached hydrogens (tertiary/aromatic N) is 1. The Morgan fingerprint density at radius 1 is 1.50 bits per heavy atom. The maximum absolute atomic E-state index is 11.5. The first-order valence-electron chi connectivity index (χ1n) is 6.05. The maximum atomic E-state index is 11.5. The summed E-state index contributed by atoms with van der Waals surface area (Å²) in [6, 6.07) is 7.03. The Morgan fingerprint density at radius 3 is 2.94 bits per heavy atom. The first-order valence-corrected chi connectivity index (χ1v) is 6.05. The Morgan fingerprint density at radius 2 is 2.28 bits per heavy atom. The number of ether oxygens (including phenoxy) is 1. The van der Waals surface area contributed by atoms with Gasteiger partial charge in [0, 0.05) is 24.8 Å². The van der Waals surface area contributed by atoms with Crippen LogP contribution >= 0.6 is 0 Å². The van der Waals surface area contributed by atoms with Crippen molar-refractivity contribution in [3.63, 3.8) is 0 Å². The van der Waals surface area contributed by atoms with Gasteiger partial charge in [-0.1, -0.05) is 13.0 Å². The van der Waals surface area contributed by atoms with E-state index in [1.54, 1.807) is 24.3 Å². The predicted molar refractivity (Wildman–Crippen MR) is 72.5 cm³/mol. The van der Waals surface area contributed by atoms with Crippen molar-refractivity contribution in [1.29, 1.82) is 0 Å².